The lowest BCUT2D eigenvalue weighted by atomic mass is 10.0. The van der Waals surface area contributed by atoms with Crippen LogP contribution in [0, 0.1) is 0 Å². The lowest BCUT2D eigenvalue weighted by molar-refractivity contribution is 0.179. The van der Waals surface area contributed by atoms with Crippen molar-refractivity contribution in [3.8, 4) is 0 Å². The molecule has 0 aliphatic carbocycles. The van der Waals surface area contributed by atoms with Gasteiger partial charge in [0.1, 0.15) is 5.82 Å². The molecular weight excluding hydrogens is 294 g/mol. The van der Waals surface area contributed by atoms with Crippen molar-refractivity contribution in [2.75, 3.05) is 11.5 Å². The van der Waals surface area contributed by atoms with Gasteiger partial charge in [-0.1, -0.05) is 15.9 Å². The van der Waals surface area contributed by atoms with Crippen molar-refractivity contribution in [1.29, 1.82) is 0 Å². The molecule has 1 unspecified atom stereocenters. The highest BCUT2D eigenvalue weighted by atomic mass is 79.9. The van der Waals surface area contributed by atoms with E-state index in [0.717, 1.165) is 10.0 Å². The van der Waals surface area contributed by atoms with Gasteiger partial charge in [0.05, 0.1) is 6.10 Å². The van der Waals surface area contributed by atoms with Crippen molar-refractivity contribution in [3.05, 3.63) is 52.1 Å². The number of nitrogens with zero attached hydrogens (tertiary/aromatic N) is 1. The zero-order valence-corrected chi connectivity index (χ0v) is 11.3. The number of nitrogen functional groups attached to an aromatic ring is 2. The third kappa shape index (κ3) is 3.00. The Bertz CT molecular complexity index is 560. The Morgan fingerprint density at radius 1 is 1.22 bits per heavy atom. The molecule has 1 atom stereocenters. The van der Waals surface area contributed by atoms with Crippen LogP contribution in [-0.2, 0) is 6.42 Å². The molecule has 0 aliphatic heterocycles. The Labute approximate surface area is 114 Å². The first-order chi connectivity index (χ1) is 8.56. The predicted molar refractivity (Wildman–Crippen MR) is 75.9 cm³/mol. The molecule has 4 nitrogen and oxygen atoms in total. The number of aliphatic hydroxyl groups is 1. The average molecular weight is 308 g/mol. The maximum absolute atomic E-state index is 10.2. The maximum atomic E-state index is 10.2. The summed E-state index contributed by atoms with van der Waals surface area (Å²) in [7, 11) is 0. The second-order valence-corrected chi connectivity index (χ2v) is 5.00. The van der Waals surface area contributed by atoms with E-state index in [1.807, 2.05) is 18.2 Å². The van der Waals surface area contributed by atoms with Gasteiger partial charge in [0, 0.05) is 28.3 Å². The molecule has 1 aromatic heterocycles. The number of aromatic nitrogens is 1. The summed E-state index contributed by atoms with van der Waals surface area (Å²) in [6, 6.07) is 9.01. The van der Waals surface area contributed by atoms with Crippen molar-refractivity contribution in [1.82, 2.24) is 4.98 Å². The molecule has 0 aliphatic rings. The van der Waals surface area contributed by atoms with Gasteiger partial charge in [-0.05, 0) is 35.9 Å². The fourth-order valence-corrected chi connectivity index (χ4v) is 2.17. The third-order valence-electron chi connectivity index (χ3n) is 2.68. The van der Waals surface area contributed by atoms with E-state index in [2.05, 4.69) is 20.9 Å². The first kappa shape index (κ1) is 12.9. The molecule has 18 heavy (non-hydrogen) atoms. The number of hydrogen-bond acceptors (Lipinski definition) is 4. The molecule has 0 fully saturated rings. The number of anilines is 2. The van der Waals surface area contributed by atoms with E-state index < -0.39 is 6.10 Å². The average Bonchev–Trinajstić information content (AvgIpc) is 2.32. The van der Waals surface area contributed by atoms with Crippen LogP contribution in [0.5, 0.6) is 0 Å². The molecule has 5 heteroatoms. The number of benzene rings is 1. The molecule has 1 aromatic carbocycles. The zero-order valence-electron chi connectivity index (χ0n) is 9.68. The molecule has 0 radical (unpaired) electrons. The first-order valence-corrected chi connectivity index (χ1v) is 6.29. The third-order valence-corrected chi connectivity index (χ3v) is 3.18. The number of aliphatic hydroxyl groups excluding tert-OH is 1. The number of rotatable bonds is 3. The van der Waals surface area contributed by atoms with Gasteiger partial charge in [0.15, 0.2) is 0 Å². The van der Waals surface area contributed by atoms with Gasteiger partial charge in [0.25, 0.3) is 0 Å². The normalized spacial score (nSPS) is 12.3. The van der Waals surface area contributed by atoms with E-state index >= 15 is 0 Å². The second kappa shape index (κ2) is 5.37. The van der Waals surface area contributed by atoms with E-state index in [1.54, 1.807) is 18.3 Å². The van der Waals surface area contributed by atoms with Crippen molar-refractivity contribution in [3.63, 3.8) is 0 Å². The van der Waals surface area contributed by atoms with Gasteiger partial charge in [-0.3, -0.25) is 0 Å². The van der Waals surface area contributed by atoms with Crippen LogP contribution < -0.4 is 11.5 Å². The van der Waals surface area contributed by atoms with E-state index in [1.165, 1.54) is 0 Å². The second-order valence-electron chi connectivity index (χ2n) is 4.08. The standard InChI is InChI=1S/C13H14BrN3O/c14-9-1-2-11(15)10(7-9)12(18)5-8-3-4-17-13(16)6-8/h1-4,6-7,12,18H,5,15H2,(H2,16,17). The summed E-state index contributed by atoms with van der Waals surface area (Å²) in [6.45, 7) is 0. The topological polar surface area (TPSA) is 85.2 Å². The van der Waals surface area contributed by atoms with Crippen LogP contribution >= 0.6 is 15.9 Å². The van der Waals surface area contributed by atoms with Gasteiger partial charge < -0.3 is 16.6 Å². The maximum Gasteiger partial charge on any atom is 0.123 e. The van der Waals surface area contributed by atoms with Crippen molar-refractivity contribution in [2.45, 2.75) is 12.5 Å². The largest absolute Gasteiger partial charge is 0.398 e. The van der Waals surface area contributed by atoms with E-state index in [-0.39, 0.29) is 0 Å². The minimum Gasteiger partial charge on any atom is -0.398 e. The first-order valence-electron chi connectivity index (χ1n) is 5.49. The molecule has 5 N–H and O–H groups in total. The Morgan fingerprint density at radius 3 is 2.72 bits per heavy atom. The van der Waals surface area contributed by atoms with Crippen molar-refractivity contribution in [2.24, 2.45) is 0 Å². The molecular formula is C13H14BrN3O. The number of nitrogens with two attached hydrogens (primary N) is 2. The highest BCUT2D eigenvalue weighted by molar-refractivity contribution is 9.10. The van der Waals surface area contributed by atoms with Crippen LogP contribution in [0.15, 0.2) is 41.0 Å². The molecule has 2 aromatic rings. The van der Waals surface area contributed by atoms with Crippen LogP contribution in [0.3, 0.4) is 0 Å². The van der Waals surface area contributed by atoms with Crippen LogP contribution in [0.1, 0.15) is 17.2 Å². The minimum atomic E-state index is -0.663. The minimum absolute atomic E-state index is 0.446. The summed E-state index contributed by atoms with van der Waals surface area (Å²) in [5.74, 6) is 0.446. The van der Waals surface area contributed by atoms with Crippen molar-refractivity contribution >= 4 is 27.4 Å². The van der Waals surface area contributed by atoms with E-state index in [4.69, 9.17) is 11.5 Å². The summed E-state index contributed by atoms with van der Waals surface area (Å²) in [6.07, 6.45) is 1.42. The summed E-state index contributed by atoms with van der Waals surface area (Å²) in [5.41, 5.74) is 13.7. The molecule has 0 spiro atoms. The van der Waals surface area contributed by atoms with Gasteiger partial charge in [-0.15, -0.1) is 0 Å². The van der Waals surface area contributed by atoms with Crippen LogP contribution in [0.2, 0.25) is 0 Å². The highest BCUT2D eigenvalue weighted by Crippen LogP contribution is 2.27. The zero-order chi connectivity index (χ0) is 13.1. The number of halogens is 1. The number of pyridine rings is 1. The monoisotopic (exact) mass is 307 g/mol. The lowest BCUT2D eigenvalue weighted by Gasteiger charge is -2.14. The van der Waals surface area contributed by atoms with Crippen LogP contribution in [-0.4, -0.2) is 10.1 Å². The number of hydrogen-bond donors (Lipinski definition) is 3. The van der Waals surface area contributed by atoms with E-state index in [0.29, 0.717) is 23.5 Å². The summed E-state index contributed by atoms with van der Waals surface area (Å²) in [4.78, 5) is 3.92. The lowest BCUT2D eigenvalue weighted by Crippen LogP contribution is -2.06. The molecule has 1 heterocycles. The molecule has 0 saturated heterocycles. The summed E-state index contributed by atoms with van der Waals surface area (Å²) in [5, 5.41) is 10.2. The molecule has 0 saturated carbocycles. The molecule has 0 bridgehead atoms. The molecule has 94 valence electrons. The summed E-state index contributed by atoms with van der Waals surface area (Å²) < 4.78 is 0.889. The molecule has 2 rings (SSSR count). The Kier molecular flexibility index (Phi) is 3.84. The smallest absolute Gasteiger partial charge is 0.123 e. The SMILES string of the molecule is Nc1cc(CC(O)c2cc(Br)ccc2N)ccn1. The van der Waals surface area contributed by atoms with Crippen LogP contribution in [0.25, 0.3) is 0 Å². The van der Waals surface area contributed by atoms with Gasteiger partial charge >= 0.3 is 0 Å². The fourth-order valence-electron chi connectivity index (χ4n) is 1.79. The van der Waals surface area contributed by atoms with Gasteiger partial charge in [0.2, 0.25) is 0 Å². The quantitative estimate of drug-likeness (QED) is 0.759. The summed E-state index contributed by atoms with van der Waals surface area (Å²) >= 11 is 3.36. The Balaban J connectivity index is 2.21. The highest BCUT2D eigenvalue weighted by Gasteiger charge is 2.12. The van der Waals surface area contributed by atoms with E-state index in [9.17, 15) is 5.11 Å². The molecule has 0 amide bonds. The predicted octanol–water partition coefficient (Wildman–Crippen LogP) is 2.28. The van der Waals surface area contributed by atoms with Crippen LogP contribution in [0.4, 0.5) is 11.5 Å². The van der Waals surface area contributed by atoms with Gasteiger partial charge in [-0.2, -0.15) is 0 Å². The fraction of sp³-hybridized carbons (Fsp3) is 0.154. The van der Waals surface area contributed by atoms with Crippen molar-refractivity contribution < 1.29 is 5.11 Å². The Hall–Kier alpha value is -1.59. The Morgan fingerprint density at radius 2 is 2.00 bits per heavy atom. The van der Waals surface area contributed by atoms with Gasteiger partial charge in [-0.25, -0.2) is 4.98 Å².